The SMILES string of the molecule is CCC(C)(C)C1Cc2cc(C(=O)OC(C)(C)C3CCCCC3)ccc2C1C(C)(C)CC. The normalized spacial score (nSPS) is 23.0. The zero-order valence-electron chi connectivity index (χ0n) is 21.4. The molecule has 2 aliphatic carbocycles. The van der Waals surface area contributed by atoms with Crippen molar-refractivity contribution in [3.05, 3.63) is 34.9 Å². The number of carbonyl (C=O) groups is 1. The Morgan fingerprint density at radius 3 is 2.13 bits per heavy atom. The zero-order valence-corrected chi connectivity index (χ0v) is 21.4. The van der Waals surface area contributed by atoms with E-state index in [1.165, 1.54) is 49.7 Å². The maximum atomic E-state index is 13.1. The van der Waals surface area contributed by atoms with Crippen LogP contribution in [0.4, 0.5) is 0 Å². The molecule has 0 amide bonds. The quantitative estimate of drug-likeness (QED) is 0.410. The van der Waals surface area contributed by atoms with Crippen LogP contribution in [0, 0.1) is 22.7 Å². The zero-order chi connectivity index (χ0) is 23.0. The smallest absolute Gasteiger partial charge is 0.338 e. The molecule has 1 aromatic rings. The fourth-order valence-corrected chi connectivity index (χ4v) is 6.14. The molecular formula is C29H46O2. The molecule has 0 aliphatic heterocycles. The minimum absolute atomic E-state index is 0.150. The van der Waals surface area contributed by atoms with Crippen LogP contribution in [0.3, 0.4) is 0 Å². The molecule has 0 spiro atoms. The molecule has 1 saturated carbocycles. The first kappa shape index (κ1) is 24.3. The largest absolute Gasteiger partial charge is 0.456 e. The number of hydrogen-bond donors (Lipinski definition) is 0. The molecule has 2 atom stereocenters. The molecule has 2 unspecified atom stereocenters. The second kappa shape index (κ2) is 8.91. The van der Waals surface area contributed by atoms with Gasteiger partial charge in [0.1, 0.15) is 5.60 Å². The van der Waals surface area contributed by atoms with Gasteiger partial charge in [0.2, 0.25) is 0 Å². The minimum Gasteiger partial charge on any atom is -0.456 e. The van der Waals surface area contributed by atoms with Crippen LogP contribution in [0.25, 0.3) is 0 Å². The van der Waals surface area contributed by atoms with E-state index in [4.69, 9.17) is 4.74 Å². The summed E-state index contributed by atoms with van der Waals surface area (Å²) in [5.41, 5.74) is 3.68. The Balaban J connectivity index is 1.86. The summed E-state index contributed by atoms with van der Waals surface area (Å²) in [5.74, 6) is 1.46. The lowest BCUT2D eigenvalue weighted by atomic mass is 9.62. The lowest BCUT2D eigenvalue weighted by molar-refractivity contribution is -0.0384. The summed E-state index contributed by atoms with van der Waals surface area (Å²) in [4.78, 5) is 13.1. The maximum absolute atomic E-state index is 13.1. The Morgan fingerprint density at radius 1 is 0.935 bits per heavy atom. The van der Waals surface area contributed by atoms with Crippen molar-refractivity contribution < 1.29 is 9.53 Å². The van der Waals surface area contributed by atoms with E-state index in [-0.39, 0.29) is 16.8 Å². The van der Waals surface area contributed by atoms with Gasteiger partial charge >= 0.3 is 5.97 Å². The third-order valence-electron chi connectivity index (χ3n) is 9.17. The summed E-state index contributed by atoms with van der Waals surface area (Å²) >= 11 is 0. The first-order valence-electron chi connectivity index (χ1n) is 12.8. The first-order valence-corrected chi connectivity index (χ1v) is 12.8. The van der Waals surface area contributed by atoms with Gasteiger partial charge in [-0.25, -0.2) is 4.79 Å². The fraction of sp³-hybridized carbons (Fsp3) is 0.759. The van der Waals surface area contributed by atoms with E-state index in [0.717, 1.165) is 18.4 Å². The van der Waals surface area contributed by atoms with E-state index in [1.54, 1.807) is 0 Å². The molecule has 174 valence electrons. The second-order valence-electron chi connectivity index (χ2n) is 12.2. The molecule has 2 nitrogen and oxygen atoms in total. The number of fused-ring (bicyclic) bond motifs is 1. The number of carbonyl (C=O) groups excluding carboxylic acids is 1. The van der Waals surface area contributed by atoms with Crippen LogP contribution in [-0.2, 0) is 11.2 Å². The van der Waals surface area contributed by atoms with Gasteiger partial charge in [0, 0.05) is 0 Å². The average molecular weight is 427 g/mol. The molecule has 0 heterocycles. The van der Waals surface area contributed by atoms with Crippen molar-refractivity contribution in [3.63, 3.8) is 0 Å². The molecule has 3 rings (SSSR count). The standard InChI is InChI=1S/C29H46O2/c1-9-27(3,4)24-19-21-18-20(16-17-23(21)25(24)28(5,6)10-2)26(30)31-29(7,8)22-14-12-11-13-15-22/h16-18,22,24-25H,9-15,19H2,1-8H3. The molecule has 0 bridgehead atoms. The summed E-state index contributed by atoms with van der Waals surface area (Å²) in [6, 6.07) is 6.42. The lowest BCUT2D eigenvalue weighted by Crippen LogP contribution is -2.37. The van der Waals surface area contributed by atoms with Crippen LogP contribution in [-0.4, -0.2) is 11.6 Å². The molecule has 1 fully saturated rings. The Kier molecular flexibility index (Phi) is 6.99. The molecule has 0 aromatic heterocycles. The molecule has 0 saturated heterocycles. The molecule has 31 heavy (non-hydrogen) atoms. The van der Waals surface area contributed by atoms with Gasteiger partial charge in [-0.1, -0.05) is 79.7 Å². The van der Waals surface area contributed by atoms with Gasteiger partial charge in [0.05, 0.1) is 5.56 Å². The summed E-state index contributed by atoms with van der Waals surface area (Å²) < 4.78 is 6.11. The highest BCUT2D eigenvalue weighted by Crippen LogP contribution is 2.56. The van der Waals surface area contributed by atoms with E-state index in [2.05, 4.69) is 67.5 Å². The lowest BCUT2D eigenvalue weighted by Gasteiger charge is -2.43. The minimum atomic E-state index is -0.393. The predicted molar refractivity (Wildman–Crippen MR) is 131 cm³/mol. The van der Waals surface area contributed by atoms with Crippen LogP contribution in [0.2, 0.25) is 0 Å². The topological polar surface area (TPSA) is 26.3 Å². The Hall–Kier alpha value is -1.31. The number of benzene rings is 1. The van der Waals surface area contributed by atoms with Crippen LogP contribution >= 0.6 is 0 Å². The summed E-state index contributed by atoms with van der Waals surface area (Å²) in [5, 5.41) is 0. The van der Waals surface area contributed by atoms with Gasteiger partial charge in [-0.15, -0.1) is 0 Å². The number of ether oxygens (including phenoxy) is 1. The monoisotopic (exact) mass is 426 g/mol. The maximum Gasteiger partial charge on any atom is 0.338 e. The van der Waals surface area contributed by atoms with Gasteiger partial charge in [0.25, 0.3) is 0 Å². The number of esters is 1. The third-order valence-corrected chi connectivity index (χ3v) is 9.17. The van der Waals surface area contributed by atoms with Crippen molar-refractivity contribution in [1.82, 2.24) is 0 Å². The van der Waals surface area contributed by atoms with Crippen LogP contribution in [0.15, 0.2) is 18.2 Å². The van der Waals surface area contributed by atoms with Crippen molar-refractivity contribution >= 4 is 5.97 Å². The number of hydrogen-bond acceptors (Lipinski definition) is 2. The van der Waals surface area contributed by atoms with Crippen molar-refractivity contribution in [3.8, 4) is 0 Å². The van der Waals surface area contributed by atoms with Gasteiger partial charge < -0.3 is 4.74 Å². The molecule has 1 aromatic carbocycles. The van der Waals surface area contributed by atoms with Crippen molar-refractivity contribution in [2.75, 3.05) is 0 Å². The molecule has 2 heteroatoms. The van der Waals surface area contributed by atoms with E-state index >= 15 is 0 Å². The fourth-order valence-electron chi connectivity index (χ4n) is 6.14. The Labute approximate surface area is 191 Å². The van der Waals surface area contributed by atoms with Gasteiger partial charge in [-0.2, -0.15) is 0 Å². The van der Waals surface area contributed by atoms with Gasteiger partial charge in [-0.3, -0.25) is 0 Å². The average Bonchev–Trinajstić information content (AvgIpc) is 3.14. The highest BCUT2D eigenvalue weighted by atomic mass is 16.6. The Morgan fingerprint density at radius 2 is 1.55 bits per heavy atom. The number of rotatable bonds is 7. The van der Waals surface area contributed by atoms with Crippen LogP contribution in [0.1, 0.15) is 128 Å². The summed E-state index contributed by atoms with van der Waals surface area (Å²) in [6.45, 7) is 18.5. The summed E-state index contributed by atoms with van der Waals surface area (Å²) in [6.07, 6.45) is 9.58. The molecular weight excluding hydrogens is 380 g/mol. The van der Waals surface area contributed by atoms with E-state index in [0.29, 0.717) is 17.8 Å². The van der Waals surface area contributed by atoms with Gasteiger partial charge in [-0.05, 0) is 85.0 Å². The molecule has 0 radical (unpaired) electrons. The van der Waals surface area contributed by atoms with E-state index < -0.39 is 5.60 Å². The highest BCUT2D eigenvalue weighted by molar-refractivity contribution is 5.90. The van der Waals surface area contributed by atoms with Crippen LogP contribution < -0.4 is 0 Å². The first-order chi connectivity index (χ1) is 14.4. The molecule has 0 N–H and O–H groups in total. The van der Waals surface area contributed by atoms with E-state index in [1.807, 2.05) is 6.07 Å². The van der Waals surface area contributed by atoms with Gasteiger partial charge in [0.15, 0.2) is 0 Å². The molecule has 2 aliphatic rings. The van der Waals surface area contributed by atoms with Crippen molar-refractivity contribution in [2.24, 2.45) is 22.7 Å². The van der Waals surface area contributed by atoms with E-state index in [9.17, 15) is 4.79 Å². The summed E-state index contributed by atoms with van der Waals surface area (Å²) in [7, 11) is 0. The third kappa shape index (κ3) is 4.88. The second-order valence-corrected chi connectivity index (χ2v) is 12.2. The highest BCUT2D eigenvalue weighted by Gasteiger charge is 2.47. The van der Waals surface area contributed by atoms with Crippen molar-refractivity contribution in [2.45, 2.75) is 118 Å². The van der Waals surface area contributed by atoms with Crippen LogP contribution in [0.5, 0.6) is 0 Å². The predicted octanol–water partition coefficient (Wildman–Crippen LogP) is 8.33. The van der Waals surface area contributed by atoms with Crippen molar-refractivity contribution in [1.29, 1.82) is 0 Å². The Bertz CT molecular complexity index is 780.